The van der Waals surface area contributed by atoms with Crippen LogP contribution in [-0.4, -0.2) is 5.91 Å². The summed E-state index contributed by atoms with van der Waals surface area (Å²) in [6.45, 7) is 8.74. The SMILES string of the molecule is CC(C)c1ccc(Sc2ccc(Cl)cc2C[C@@H](C(N)=O)c2cc(Cl)ccc2Sc2ccc(C(C)C)cc2)cc1. The van der Waals surface area contributed by atoms with Crippen LogP contribution in [0.4, 0.5) is 0 Å². The van der Waals surface area contributed by atoms with Crippen LogP contribution in [0.15, 0.2) is 105 Å². The van der Waals surface area contributed by atoms with E-state index in [4.69, 9.17) is 28.9 Å². The van der Waals surface area contributed by atoms with E-state index in [-0.39, 0.29) is 0 Å². The summed E-state index contributed by atoms with van der Waals surface area (Å²) in [5.74, 6) is -0.0228. The van der Waals surface area contributed by atoms with Gasteiger partial charge in [-0.25, -0.2) is 0 Å². The van der Waals surface area contributed by atoms with Gasteiger partial charge in [-0.15, -0.1) is 0 Å². The Morgan fingerprint density at radius 1 is 0.692 bits per heavy atom. The first-order valence-corrected chi connectivity index (χ1v) is 15.4. The lowest BCUT2D eigenvalue weighted by Crippen LogP contribution is -2.24. The van der Waals surface area contributed by atoms with Gasteiger partial charge in [0.25, 0.3) is 0 Å². The van der Waals surface area contributed by atoms with Crippen LogP contribution in [0.2, 0.25) is 10.0 Å². The first-order chi connectivity index (χ1) is 18.6. The van der Waals surface area contributed by atoms with Crippen molar-refractivity contribution >= 4 is 52.6 Å². The third-order valence-corrected chi connectivity index (χ3v) is 9.38. The molecule has 0 saturated carbocycles. The predicted molar refractivity (Wildman–Crippen MR) is 168 cm³/mol. The Bertz CT molecular complexity index is 1430. The van der Waals surface area contributed by atoms with Gasteiger partial charge in [-0.3, -0.25) is 4.79 Å². The molecule has 0 aliphatic rings. The lowest BCUT2D eigenvalue weighted by molar-refractivity contribution is -0.119. The van der Waals surface area contributed by atoms with Crippen LogP contribution in [0.1, 0.15) is 67.7 Å². The summed E-state index contributed by atoms with van der Waals surface area (Å²) in [5.41, 5.74) is 10.4. The molecule has 0 radical (unpaired) electrons. The highest BCUT2D eigenvalue weighted by molar-refractivity contribution is 7.99. The highest BCUT2D eigenvalue weighted by atomic mass is 35.5. The third kappa shape index (κ3) is 7.85. The van der Waals surface area contributed by atoms with E-state index in [9.17, 15) is 4.79 Å². The number of rotatable bonds is 10. The first-order valence-electron chi connectivity index (χ1n) is 13.0. The van der Waals surface area contributed by atoms with E-state index in [0.29, 0.717) is 28.3 Å². The molecule has 0 aliphatic carbocycles. The van der Waals surface area contributed by atoms with E-state index < -0.39 is 11.8 Å². The number of halogens is 2. The molecule has 4 aromatic rings. The highest BCUT2D eigenvalue weighted by Crippen LogP contribution is 2.40. The fraction of sp³-hybridized carbons (Fsp3) is 0.242. The van der Waals surface area contributed by atoms with Crippen LogP contribution < -0.4 is 5.73 Å². The molecule has 4 aromatic carbocycles. The Hall–Kier alpha value is -2.37. The van der Waals surface area contributed by atoms with E-state index >= 15 is 0 Å². The molecule has 0 spiro atoms. The van der Waals surface area contributed by atoms with Crippen molar-refractivity contribution in [2.24, 2.45) is 5.73 Å². The summed E-state index contributed by atoms with van der Waals surface area (Å²) >= 11 is 16.2. The number of hydrogen-bond donors (Lipinski definition) is 1. The van der Waals surface area contributed by atoms with Gasteiger partial charge in [0.2, 0.25) is 5.91 Å². The van der Waals surface area contributed by atoms with Gasteiger partial charge in [-0.2, -0.15) is 0 Å². The van der Waals surface area contributed by atoms with Gasteiger partial charge < -0.3 is 5.73 Å². The van der Waals surface area contributed by atoms with Gasteiger partial charge in [0.05, 0.1) is 5.92 Å². The van der Waals surface area contributed by atoms with Gasteiger partial charge in [0, 0.05) is 29.6 Å². The van der Waals surface area contributed by atoms with Crippen LogP contribution >= 0.6 is 46.7 Å². The smallest absolute Gasteiger partial charge is 0.225 e. The average Bonchev–Trinajstić information content (AvgIpc) is 2.90. The lowest BCUT2D eigenvalue weighted by atomic mass is 9.91. The second-order valence-corrected chi connectivity index (χ2v) is 13.3. The topological polar surface area (TPSA) is 43.1 Å². The minimum absolute atomic E-state index is 0.397. The van der Waals surface area contributed by atoms with Crippen LogP contribution in [0.25, 0.3) is 0 Å². The highest BCUT2D eigenvalue weighted by Gasteiger charge is 2.24. The van der Waals surface area contributed by atoms with Crippen molar-refractivity contribution in [2.45, 2.75) is 71.5 Å². The molecule has 0 heterocycles. The van der Waals surface area contributed by atoms with Crippen LogP contribution in [-0.2, 0) is 11.2 Å². The Kier molecular flexibility index (Phi) is 10.1. The fourth-order valence-electron chi connectivity index (χ4n) is 4.37. The number of nitrogens with two attached hydrogens (primary N) is 1. The summed E-state index contributed by atoms with van der Waals surface area (Å²) in [7, 11) is 0. The van der Waals surface area contributed by atoms with Crippen molar-refractivity contribution in [3.05, 3.63) is 117 Å². The third-order valence-electron chi connectivity index (χ3n) is 6.69. The Morgan fingerprint density at radius 2 is 1.15 bits per heavy atom. The molecule has 2 nitrogen and oxygen atoms in total. The molecule has 0 aliphatic heterocycles. The average molecular weight is 595 g/mol. The minimum atomic E-state index is -0.567. The monoisotopic (exact) mass is 593 g/mol. The molecule has 6 heteroatoms. The largest absolute Gasteiger partial charge is 0.369 e. The molecular weight excluding hydrogens is 561 g/mol. The zero-order chi connectivity index (χ0) is 28.1. The molecular formula is C33H33Cl2NOS2. The second-order valence-electron chi connectivity index (χ2n) is 10.2. The van der Waals surface area contributed by atoms with Gasteiger partial charge in [0.15, 0.2) is 0 Å². The van der Waals surface area contributed by atoms with Crippen molar-refractivity contribution in [2.75, 3.05) is 0 Å². The molecule has 0 fully saturated rings. The fourth-order valence-corrected chi connectivity index (χ4v) is 6.66. The van der Waals surface area contributed by atoms with Gasteiger partial charge in [-0.05, 0) is 101 Å². The van der Waals surface area contributed by atoms with Crippen LogP contribution in [0.5, 0.6) is 0 Å². The summed E-state index contributed by atoms with van der Waals surface area (Å²) in [4.78, 5) is 17.1. The normalized spacial score (nSPS) is 12.2. The van der Waals surface area contributed by atoms with E-state index in [0.717, 1.165) is 30.7 Å². The molecule has 4 rings (SSSR count). The van der Waals surface area contributed by atoms with Gasteiger partial charge in [-0.1, -0.05) is 98.7 Å². The van der Waals surface area contributed by atoms with Crippen molar-refractivity contribution in [1.82, 2.24) is 0 Å². The van der Waals surface area contributed by atoms with E-state index in [1.54, 1.807) is 23.5 Å². The van der Waals surface area contributed by atoms with Crippen LogP contribution in [0.3, 0.4) is 0 Å². The molecule has 1 amide bonds. The number of benzene rings is 4. The molecule has 39 heavy (non-hydrogen) atoms. The second kappa shape index (κ2) is 13.3. The number of hydrogen-bond acceptors (Lipinski definition) is 3. The number of amides is 1. The van der Waals surface area contributed by atoms with Crippen molar-refractivity contribution in [3.63, 3.8) is 0 Å². The van der Waals surface area contributed by atoms with E-state index in [1.807, 2.05) is 36.4 Å². The molecule has 0 saturated heterocycles. The maximum Gasteiger partial charge on any atom is 0.225 e. The number of carbonyl (C=O) groups excluding carboxylic acids is 1. The maximum atomic E-state index is 12.9. The molecule has 202 valence electrons. The molecule has 0 unspecified atom stereocenters. The van der Waals surface area contributed by atoms with Gasteiger partial charge >= 0.3 is 0 Å². The molecule has 1 atom stereocenters. The molecule has 0 bridgehead atoms. The van der Waals surface area contributed by atoms with Gasteiger partial charge in [0.1, 0.15) is 0 Å². The summed E-state index contributed by atoms with van der Waals surface area (Å²) in [6.07, 6.45) is 0.419. The van der Waals surface area contributed by atoms with Crippen molar-refractivity contribution in [3.8, 4) is 0 Å². The predicted octanol–water partition coefficient (Wildman–Crippen LogP) is 10.4. The summed E-state index contributed by atoms with van der Waals surface area (Å²) in [5, 5.41) is 1.19. The van der Waals surface area contributed by atoms with Crippen molar-refractivity contribution < 1.29 is 4.79 Å². The molecule has 2 N–H and O–H groups in total. The van der Waals surface area contributed by atoms with E-state index in [1.165, 1.54) is 11.1 Å². The number of primary amides is 1. The standard InChI is InChI=1S/C33H33Cl2NOS2/c1-20(2)22-5-11-27(12-6-22)38-31-15-9-25(34)17-24(31)18-30(33(36)37)29-19-26(35)10-16-32(29)39-28-13-7-23(8-14-28)21(3)4/h5-17,19-21,30H,18H2,1-4H3,(H2,36,37)/t30-/m1/s1. The zero-order valence-electron chi connectivity index (χ0n) is 22.6. The summed E-state index contributed by atoms with van der Waals surface area (Å²) in [6, 6.07) is 28.7. The maximum absolute atomic E-state index is 12.9. The van der Waals surface area contributed by atoms with Crippen molar-refractivity contribution in [1.29, 1.82) is 0 Å². The Balaban J connectivity index is 1.66. The Morgan fingerprint density at radius 3 is 1.64 bits per heavy atom. The molecule has 0 aromatic heterocycles. The Labute approximate surface area is 250 Å². The zero-order valence-corrected chi connectivity index (χ0v) is 25.7. The van der Waals surface area contributed by atoms with Crippen LogP contribution in [0, 0.1) is 0 Å². The summed E-state index contributed by atoms with van der Waals surface area (Å²) < 4.78 is 0. The minimum Gasteiger partial charge on any atom is -0.369 e. The lowest BCUT2D eigenvalue weighted by Gasteiger charge is -2.20. The van der Waals surface area contributed by atoms with E-state index in [2.05, 4.69) is 76.2 Å². The quantitative estimate of drug-likeness (QED) is 0.199. The first kappa shape index (κ1) is 29.6. The number of carbonyl (C=O) groups is 1.